The highest BCUT2D eigenvalue weighted by molar-refractivity contribution is 9.10. The van der Waals surface area contributed by atoms with Gasteiger partial charge in [-0.05, 0) is 41.3 Å². The molecule has 1 saturated heterocycles. The molecule has 1 fully saturated rings. The van der Waals surface area contributed by atoms with Gasteiger partial charge in [0.2, 0.25) is 0 Å². The second-order valence-corrected chi connectivity index (χ2v) is 5.40. The molecule has 0 bridgehead atoms. The number of aromatic nitrogens is 3. The van der Waals surface area contributed by atoms with Crippen LogP contribution in [0, 0.1) is 0 Å². The lowest BCUT2D eigenvalue weighted by atomic mass is 10.2. The quantitative estimate of drug-likeness (QED) is 0.783. The van der Waals surface area contributed by atoms with Gasteiger partial charge in [-0.3, -0.25) is 4.98 Å². The molecule has 8 heteroatoms. The fourth-order valence-electron chi connectivity index (χ4n) is 2.27. The van der Waals surface area contributed by atoms with E-state index in [9.17, 15) is 13.2 Å². The van der Waals surface area contributed by atoms with Crippen molar-refractivity contribution < 1.29 is 17.9 Å². The van der Waals surface area contributed by atoms with Crippen LogP contribution in [0.25, 0.3) is 11.0 Å². The smallest absolute Gasteiger partial charge is 0.356 e. The van der Waals surface area contributed by atoms with Gasteiger partial charge in [0.05, 0.1) is 11.1 Å². The van der Waals surface area contributed by atoms with E-state index in [1.54, 1.807) is 0 Å². The number of alkyl halides is 3. The van der Waals surface area contributed by atoms with E-state index in [-0.39, 0.29) is 6.23 Å². The van der Waals surface area contributed by atoms with Gasteiger partial charge in [-0.2, -0.15) is 18.3 Å². The first-order valence-electron chi connectivity index (χ1n) is 6.19. The molecule has 3 rings (SSSR count). The van der Waals surface area contributed by atoms with Crippen molar-refractivity contribution in [3.05, 3.63) is 22.4 Å². The normalized spacial score (nSPS) is 20.5. The predicted molar refractivity (Wildman–Crippen MR) is 69.1 cm³/mol. The molecule has 20 heavy (non-hydrogen) atoms. The van der Waals surface area contributed by atoms with Crippen LogP contribution in [-0.2, 0) is 10.9 Å². The molecule has 0 aliphatic carbocycles. The van der Waals surface area contributed by atoms with Crippen LogP contribution >= 0.6 is 15.9 Å². The molecule has 0 radical (unpaired) electrons. The van der Waals surface area contributed by atoms with Crippen molar-refractivity contribution in [1.29, 1.82) is 0 Å². The Bertz CT molecular complexity index is 635. The minimum absolute atomic E-state index is 0.331. The average molecular weight is 350 g/mol. The Labute approximate surface area is 121 Å². The zero-order valence-electron chi connectivity index (χ0n) is 10.3. The van der Waals surface area contributed by atoms with Crippen LogP contribution in [-0.4, -0.2) is 21.4 Å². The molecule has 0 N–H and O–H groups in total. The van der Waals surface area contributed by atoms with Crippen molar-refractivity contribution in [2.45, 2.75) is 31.7 Å². The Morgan fingerprint density at radius 3 is 2.80 bits per heavy atom. The maximum Gasteiger partial charge on any atom is 0.417 e. The number of nitrogens with zero attached hydrogens (tertiary/aromatic N) is 3. The van der Waals surface area contributed by atoms with Gasteiger partial charge in [-0.15, -0.1) is 0 Å². The molecule has 2 aromatic heterocycles. The number of halogens is 4. The Hall–Kier alpha value is -1.15. The first-order valence-corrected chi connectivity index (χ1v) is 6.98. The van der Waals surface area contributed by atoms with E-state index in [1.807, 2.05) is 0 Å². The topological polar surface area (TPSA) is 39.9 Å². The first kappa shape index (κ1) is 13.8. The van der Waals surface area contributed by atoms with Crippen molar-refractivity contribution in [2.75, 3.05) is 6.61 Å². The van der Waals surface area contributed by atoms with Crippen molar-refractivity contribution >= 4 is 27.0 Å². The largest absolute Gasteiger partial charge is 0.417 e. The lowest BCUT2D eigenvalue weighted by Crippen LogP contribution is -2.19. The van der Waals surface area contributed by atoms with E-state index in [0.29, 0.717) is 22.2 Å². The summed E-state index contributed by atoms with van der Waals surface area (Å²) < 4.78 is 45.8. The van der Waals surface area contributed by atoms with Gasteiger partial charge in [0.1, 0.15) is 5.52 Å². The molecule has 108 valence electrons. The summed E-state index contributed by atoms with van der Waals surface area (Å²) in [6, 6.07) is 1.07. The second-order valence-electron chi connectivity index (χ2n) is 4.65. The first-order chi connectivity index (χ1) is 9.47. The predicted octanol–water partition coefficient (Wildman–Crippen LogP) is 3.91. The van der Waals surface area contributed by atoms with Crippen molar-refractivity contribution in [3.8, 4) is 0 Å². The molecular formula is C12H11BrF3N3O. The number of pyridine rings is 1. The summed E-state index contributed by atoms with van der Waals surface area (Å²) in [6.07, 6.45) is -1.27. The van der Waals surface area contributed by atoms with E-state index in [0.717, 1.165) is 31.5 Å². The minimum Gasteiger partial charge on any atom is -0.356 e. The van der Waals surface area contributed by atoms with Gasteiger partial charge in [0.25, 0.3) is 0 Å². The minimum atomic E-state index is -4.42. The molecule has 2 aromatic rings. The third-order valence-corrected chi connectivity index (χ3v) is 3.80. The SMILES string of the molecule is FC(F)(F)c1cnc2c(Br)nn([C@@H]3CCCCO3)c2c1. The van der Waals surface area contributed by atoms with Crippen molar-refractivity contribution in [3.63, 3.8) is 0 Å². The highest BCUT2D eigenvalue weighted by Crippen LogP contribution is 2.34. The van der Waals surface area contributed by atoms with Crippen LogP contribution in [0.2, 0.25) is 0 Å². The molecule has 0 saturated carbocycles. The fraction of sp³-hybridized carbons (Fsp3) is 0.500. The van der Waals surface area contributed by atoms with E-state index in [4.69, 9.17) is 4.74 Å². The maximum atomic E-state index is 12.8. The number of rotatable bonds is 1. The summed E-state index contributed by atoms with van der Waals surface area (Å²) >= 11 is 3.23. The standard InChI is InChI=1S/C12H11BrF3N3O/c13-11-10-8(5-7(6-17-10)12(14,15)16)19(18-11)9-3-1-2-4-20-9/h5-6,9H,1-4H2/t9-/m0/s1. The van der Waals surface area contributed by atoms with Crippen LogP contribution in [0.4, 0.5) is 13.2 Å². The van der Waals surface area contributed by atoms with Gasteiger partial charge in [-0.25, -0.2) is 4.68 Å². The summed E-state index contributed by atoms with van der Waals surface area (Å²) in [6.45, 7) is 0.593. The molecule has 0 unspecified atom stereocenters. The molecular weight excluding hydrogens is 339 g/mol. The summed E-state index contributed by atoms with van der Waals surface area (Å²) in [5.41, 5.74) is -0.0415. The Morgan fingerprint density at radius 2 is 2.15 bits per heavy atom. The van der Waals surface area contributed by atoms with Crippen LogP contribution < -0.4 is 0 Å². The number of hydrogen-bond acceptors (Lipinski definition) is 3. The van der Waals surface area contributed by atoms with Gasteiger partial charge >= 0.3 is 6.18 Å². The molecule has 3 heterocycles. The molecule has 1 aliphatic rings. The molecule has 0 amide bonds. The van der Waals surface area contributed by atoms with Crippen LogP contribution in [0.15, 0.2) is 16.9 Å². The van der Waals surface area contributed by atoms with E-state index in [2.05, 4.69) is 26.0 Å². The molecule has 0 spiro atoms. The molecule has 0 aromatic carbocycles. The van der Waals surface area contributed by atoms with Crippen LogP contribution in [0.1, 0.15) is 31.1 Å². The van der Waals surface area contributed by atoms with E-state index < -0.39 is 11.7 Å². The van der Waals surface area contributed by atoms with E-state index in [1.165, 1.54) is 4.68 Å². The monoisotopic (exact) mass is 349 g/mol. The lowest BCUT2D eigenvalue weighted by Gasteiger charge is -2.23. The molecule has 1 atom stereocenters. The van der Waals surface area contributed by atoms with Crippen LogP contribution in [0.3, 0.4) is 0 Å². The number of ether oxygens (including phenoxy) is 1. The zero-order valence-corrected chi connectivity index (χ0v) is 11.9. The zero-order chi connectivity index (χ0) is 14.3. The van der Waals surface area contributed by atoms with Crippen molar-refractivity contribution in [2.24, 2.45) is 0 Å². The number of fused-ring (bicyclic) bond motifs is 1. The summed E-state index contributed by atoms with van der Waals surface area (Å²) in [7, 11) is 0. The highest BCUT2D eigenvalue weighted by atomic mass is 79.9. The molecule has 4 nitrogen and oxygen atoms in total. The second kappa shape index (κ2) is 5.00. The molecule has 1 aliphatic heterocycles. The summed E-state index contributed by atoms with van der Waals surface area (Å²) in [5, 5.41) is 4.22. The fourth-order valence-corrected chi connectivity index (χ4v) is 2.75. The number of hydrogen-bond donors (Lipinski definition) is 0. The van der Waals surface area contributed by atoms with Crippen LogP contribution in [0.5, 0.6) is 0 Å². The van der Waals surface area contributed by atoms with Gasteiger partial charge in [0.15, 0.2) is 10.8 Å². The maximum absolute atomic E-state index is 12.8. The van der Waals surface area contributed by atoms with Crippen molar-refractivity contribution in [1.82, 2.24) is 14.8 Å². The average Bonchev–Trinajstić information content (AvgIpc) is 2.76. The van der Waals surface area contributed by atoms with Gasteiger partial charge < -0.3 is 4.74 Å². The highest BCUT2D eigenvalue weighted by Gasteiger charge is 2.32. The van der Waals surface area contributed by atoms with Gasteiger partial charge in [0, 0.05) is 12.8 Å². The Kier molecular flexibility index (Phi) is 3.45. The van der Waals surface area contributed by atoms with Gasteiger partial charge in [-0.1, -0.05) is 0 Å². The lowest BCUT2D eigenvalue weighted by molar-refractivity contribution is -0.137. The third-order valence-electron chi connectivity index (χ3n) is 3.26. The Balaban J connectivity index is 2.11. The van der Waals surface area contributed by atoms with E-state index >= 15 is 0 Å². The third kappa shape index (κ3) is 2.42. The Morgan fingerprint density at radius 1 is 1.35 bits per heavy atom. The summed E-state index contributed by atoms with van der Waals surface area (Å²) in [4.78, 5) is 3.86. The summed E-state index contributed by atoms with van der Waals surface area (Å²) in [5.74, 6) is 0.